The Kier molecular flexibility index (Phi) is 6.81. The Labute approximate surface area is 154 Å². The highest BCUT2D eigenvalue weighted by atomic mass is 32.2. The first-order chi connectivity index (χ1) is 12.7. The lowest BCUT2D eigenvalue weighted by Crippen LogP contribution is -2.42. The minimum atomic E-state index is -4.59. The van der Waals surface area contributed by atoms with Crippen LogP contribution in [-0.4, -0.2) is 37.9 Å². The molecule has 0 spiro atoms. The molecule has 0 bridgehead atoms. The predicted octanol–water partition coefficient (Wildman–Crippen LogP) is 2.76. The fraction of sp³-hybridized carbons (Fsp3) is 0.235. The van der Waals surface area contributed by atoms with Crippen LogP contribution in [0.5, 0.6) is 0 Å². The first-order valence-corrected chi connectivity index (χ1v) is 9.25. The maximum atomic E-state index is 12.6. The number of furan rings is 1. The molecule has 27 heavy (non-hydrogen) atoms. The van der Waals surface area contributed by atoms with Crippen LogP contribution in [0.25, 0.3) is 6.08 Å². The minimum absolute atomic E-state index is 0.246. The number of rotatable bonds is 8. The molecule has 6 nitrogen and oxygen atoms in total. The Balaban J connectivity index is 2.15. The van der Waals surface area contributed by atoms with Crippen molar-refractivity contribution in [3.05, 3.63) is 65.5 Å². The quantitative estimate of drug-likeness (QED) is 0.736. The lowest BCUT2D eigenvalue weighted by Gasteiger charge is -2.19. The summed E-state index contributed by atoms with van der Waals surface area (Å²) in [5, 5.41) is 2.55. The summed E-state index contributed by atoms with van der Waals surface area (Å²) in [5.74, 6) is -0.828. The smallest absolute Gasteiger partial charge is 0.405 e. The lowest BCUT2D eigenvalue weighted by molar-refractivity contribution is -0.138. The van der Waals surface area contributed by atoms with Crippen molar-refractivity contribution in [2.24, 2.45) is 0 Å². The number of carbonyl (C=O) groups is 1. The van der Waals surface area contributed by atoms with Gasteiger partial charge in [0, 0.05) is 5.41 Å². The van der Waals surface area contributed by atoms with Crippen LogP contribution in [0.2, 0.25) is 0 Å². The van der Waals surface area contributed by atoms with E-state index in [0.29, 0.717) is 5.56 Å². The third-order valence-electron chi connectivity index (χ3n) is 3.31. The normalized spacial score (nSPS) is 12.6. The van der Waals surface area contributed by atoms with Gasteiger partial charge in [-0.2, -0.15) is 17.5 Å². The van der Waals surface area contributed by atoms with E-state index >= 15 is 0 Å². The highest BCUT2D eigenvalue weighted by molar-refractivity contribution is 7.92. The Bertz CT molecular complexity index is 863. The number of alkyl halides is 3. The van der Waals surface area contributed by atoms with Gasteiger partial charge in [-0.05, 0) is 23.8 Å². The molecular weight excluding hydrogens is 385 g/mol. The molecule has 1 heterocycles. The van der Waals surface area contributed by atoms with Gasteiger partial charge in [-0.15, -0.1) is 0 Å². The van der Waals surface area contributed by atoms with E-state index in [1.807, 2.05) is 0 Å². The van der Waals surface area contributed by atoms with Gasteiger partial charge >= 0.3 is 6.18 Å². The number of sulfonamides is 1. The second-order valence-electron chi connectivity index (χ2n) is 5.50. The fourth-order valence-corrected chi connectivity index (χ4v) is 3.15. The highest BCUT2D eigenvalue weighted by Crippen LogP contribution is 2.14. The van der Waals surface area contributed by atoms with E-state index in [0.717, 1.165) is 9.71 Å². The number of nitrogens with zero attached hydrogens (tertiary/aromatic N) is 1. The molecule has 0 radical (unpaired) electrons. The average molecular weight is 402 g/mol. The van der Waals surface area contributed by atoms with Crippen molar-refractivity contribution >= 4 is 22.0 Å². The summed E-state index contributed by atoms with van der Waals surface area (Å²) in [6.07, 6.45) is -1.94. The van der Waals surface area contributed by atoms with Crippen LogP contribution in [-0.2, 0) is 21.4 Å². The number of hydrogen-bond donors (Lipinski definition) is 1. The zero-order valence-corrected chi connectivity index (χ0v) is 14.8. The van der Waals surface area contributed by atoms with Crippen LogP contribution in [0, 0.1) is 0 Å². The second-order valence-corrected chi connectivity index (χ2v) is 7.32. The maximum absolute atomic E-state index is 12.6. The Morgan fingerprint density at radius 2 is 1.85 bits per heavy atom. The van der Waals surface area contributed by atoms with Crippen molar-refractivity contribution in [1.29, 1.82) is 0 Å². The first-order valence-electron chi connectivity index (χ1n) is 7.75. The van der Waals surface area contributed by atoms with Gasteiger partial charge in [0.05, 0.1) is 19.4 Å². The van der Waals surface area contributed by atoms with Crippen LogP contribution in [0.3, 0.4) is 0 Å². The summed E-state index contributed by atoms with van der Waals surface area (Å²) in [4.78, 5) is 11.8. The average Bonchev–Trinajstić information content (AvgIpc) is 3.11. The van der Waals surface area contributed by atoms with Crippen molar-refractivity contribution < 1.29 is 30.8 Å². The summed E-state index contributed by atoms with van der Waals surface area (Å²) in [7, 11) is -4.09. The SMILES string of the molecule is O=C(CN(Cc1ccco1)S(=O)(=O)/C=C/c1ccccc1)NCC(F)(F)F. The molecule has 2 rings (SSSR count). The molecule has 10 heteroatoms. The molecule has 1 amide bonds. The molecule has 1 aromatic carbocycles. The molecule has 0 aliphatic rings. The van der Waals surface area contributed by atoms with Crippen LogP contribution < -0.4 is 5.32 Å². The number of amides is 1. The Hall–Kier alpha value is -2.59. The van der Waals surface area contributed by atoms with E-state index in [2.05, 4.69) is 0 Å². The molecular formula is C17H17F3N2O4S. The van der Waals surface area contributed by atoms with E-state index < -0.39 is 35.2 Å². The van der Waals surface area contributed by atoms with E-state index in [9.17, 15) is 26.4 Å². The van der Waals surface area contributed by atoms with Crippen molar-refractivity contribution in [3.63, 3.8) is 0 Å². The number of nitrogens with one attached hydrogen (secondary N) is 1. The molecule has 1 aromatic heterocycles. The third-order valence-corrected chi connectivity index (χ3v) is 4.77. The van der Waals surface area contributed by atoms with Crippen molar-refractivity contribution in [2.45, 2.75) is 12.7 Å². The summed E-state index contributed by atoms with van der Waals surface area (Å²) in [6.45, 7) is -2.62. The van der Waals surface area contributed by atoms with Crippen molar-refractivity contribution in [3.8, 4) is 0 Å². The van der Waals surface area contributed by atoms with Crippen LogP contribution >= 0.6 is 0 Å². The van der Waals surface area contributed by atoms with E-state index in [1.165, 1.54) is 24.5 Å². The zero-order chi connectivity index (χ0) is 19.9. The van der Waals surface area contributed by atoms with Crippen LogP contribution in [0.4, 0.5) is 13.2 Å². The van der Waals surface area contributed by atoms with Gasteiger partial charge < -0.3 is 9.73 Å². The van der Waals surface area contributed by atoms with E-state index in [-0.39, 0.29) is 12.3 Å². The fourth-order valence-electron chi connectivity index (χ4n) is 2.04. The van der Waals surface area contributed by atoms with E-state index in [1.54, 1.807) is 35.6 Å². The lowest BCUT2D eigenvalue weighted by atomic mass is 10.2. The summed E-state index contributed by atoms with van der Waals surface area (Å²) in [5.41, 5.74) is 0.612. The van der Waals surface area contributed by atoms with Crippen molar-refractivity contribution in [1.82, 2.24) is 9.62 Å². The number of halogens is 3. The van der Waals surface area contributed by atoms with Gasteiger partial charge in [0.15, 0.2) is 0 Å². The van der Waals surface area contributed by atoms with Gasteiger partial charge in [-0.25, -0.2) is 8.42 Å². The molecule has 146 valence electrons. The largest absolute Gasteiger partial charge is 0.468 e. The van der Waals surface area contributed by atoms with E-state index in [4.69, 9.17) is 4.42 Å². The molecule has 0 fully saturated rings. The van der Waals surface area contributed by atoms with Gasteiger partial charge in [-0.1, -0.05) is 30.3 Å². The molecule has 2 aromatic rings. The van der Waals surface area contributed by atoms with Gasteiger partial charge in [0.25, 0.3) is 0 Å². The van der Waals surface area contributed by atoms with Crippen LogP contribution in [0.15, 0.2) is 58.6 Å². The molecule has 0 saturated heterocycles. The summed E-state index contributed by atoms with van der Waals surface area (Å²) < 4.78 is 67.6. The Morgan fingerprint density at radius 1 is 1.15 bits per heavy atom. The first kappa shape index (κ1) is 20.7. The summed E-state index contributed by atoms with van der Waals surface area (Å²) in [6, 6.07) is 11.6. The van der Waals surface area contributed by atoms with Gasteiger partial charge in [0.2, 0.25) is 15.9 Å². The molecule has 0 unspecified atom stereocenters. The molecule has 1 N–H and O–H groups in total. The minimum Gasteiger partial charge on any atom is -0.468 e. The topological polar surface area (TPSA) is 79.6 Å². The zero-order valence-electron chi connectivity index (χ0n) is 14.0. The third kappa shape index (κ3) is 7.27. The number of benzene rings is 1. The van der Waals surface area contributed by atoms with Crippen molar-refractivity contribution in [2.75, 3.05) is 13.1 Å². The van der Waals surface area contributed by atoms with Crippen LogP contribution in [0.1, 0.15) is 11.3 Å². The number of carbonyl (C=O) groups excluding carboxylic acids is 1. The molecule has 0 aliphatic carbocycles. The Morgan fingerprint density at radius 3 is 2.44 bits per heavy atom. The maximum Gasteiger partial charge on any atom is 0.405 e. The second kappa shape index (κ2) is 8.87. The highest BCUT2D eigenvalue weighted by Gasteiger charge is 2.29. The van der Waals surface area contributed by atoms with Gasteiger partial charge in [0.1, 0.15) is 12.3 Å². The summed E-state index contributed by atoms with van der Waals surface area (Å²) >= 11 is 0. The van der Waals surface area contributed by atoms with Gasteiger partial charge in [-0.3, -0.25) is 4.79 Å². The monoisotopic (exact) mass is 402 g/mol. The predicted molar refractivity (Wildman–Crippen MR) is 92.6 cm³/mol. The molecule has 0 aliphatic heterocycles. The molecule has 0 saturated carbocycles. The molecule has 0 atom stereocenters. The number of hydrogen-bond acceptors (Lipinski definition) is 4. The standard InChI is InChI=1S/C17H17F3N2O4S/c18-17(19,20)13-21-16(23)12-22(11-15-7-4-9-26-15)27(24,25)10-8-14-5-2-1-3-6-14/h1-10H,11-13H2,(H,21,23)/b10-8+.